The molecule has 0 heterocycles. The van der Waals surface area contributed by atoms with Gasteiger partial charge in [-0.25, -0.2) is 10.5 Å². The van der Waals surface area contributed by atoms with Crippen LogP contribution < -0.4 is 29.6 Å². The second kappa shape index (κ2) is 7.60. The van der Waals surface area contributed by atoms with Crippen LogP contribution in [-0.4, -0.2) is 12.6 Å². The van der Waals surface area contributed by atoms with Crippen molar-refractivity contribution in [2.75, 3.05) is 6.61 Å². The number of hydrogen-bond acceptors (Lipinski definition) is 2. The number of aryl methyl sites for hydroxylation is 1. The molecule has 4 heteroatoms. The number of hydrogen-bond donors (Lipinski definition) is 0. The first-order valence-corrected chi connectivity index (χ1v) is 4.66. The molecule has 0 amide bonds. The Balaban J connectivity index is 0.00000225. The van der Waals surface area contributed by atoms with Crippen LogP contribution in [0.1, 0.15) is 18.1 Å². The molecule has 0 aromatic heterocycles. The van der Waals surface area contributed by atoms with Crippen molar-refractivity contribution in [1.29, 1.82) is 0 Å². The summed E-state index contributed by atoms with van der Waals surface area (Å²) in [5.74, 6) is -0.876. The second-order valence-electron chi connectivity index (χ2n) is 3.01. The smallest absolute Gasteiger partial charge is 0.477 e. The van der Waals surface area contributed by atoms with E-state index in [1.807, 2.05) is 6.92 Å². The standard InChI is InChI=1S/C12H12FO2.Na/c1-3-15-12(14)7-5-10-8-11(13)6-4-9(10)2;/h4-6,8H,3H2,1-2H3;/q-1;+1. The third-order valence-corrected chi connectivity index (χ3v) is 1.86. The Hall–Kier alpha value is -0.640. The Morgan fingerprint density at radius 1 is 1.56 bits per heavy atom. The molecule has 1 aromatic carbocycles. The van der Waals surface area contributed by atoms with Gasteiger partial charge in [0, 0.05) is 0 Å². The first-order chi connectivity index (χ1) is 7.13. The van der Waals surface area contributed by atoms with Crippen LogP contribution in [0.25, 0.3) is 6.08 Å². The van der Waals surface area contributed by atoms with Crippen molar-refractivity contribution in [2.24, 2.45) is 0 Å². The summed E-state index contributed by atoms with van der Waals surface area (Å²) in [5, 5.41) is 0. The third kappa shape index (κ3) is 4.92. The molecular weight excluding hydrogens is 218 g/mol. The molecule has 0 radical (unpaired) electrons. The number of carbonyl (C=O) groups is 1. The zero-order valence-electron chi connectivity index (χ0n) is 9.71. The summed E-state index contributed by atoms with van der Waals surface area (Å²) in [7, 11) is 0. The minimum Gasteiger partial charge on any atom is -0.477 e. The molecule has 0 saturated heterocycles. The molecule has 80 valence electrons. The predicted octanol–water partition coefficient (Wildman–Crippen LogP) is -0.482. The number of esters is 1. The minimum atomic E-state index is -0.541. The van der Waals surface area contributed by atoms with Gasteiger partial charge in [0.05, 0.1) is 6.61 Å². The van der Waals surface area contributed by atoms with Crippen LogP contribution >= 0.6 is 0 Å². The summed E-state index contributed by atoms with van der Waals surface area (Å²) in [6.07, 6.45) is 3.84. The first kappa shape index (κ1) is 15.4. The van der Waals surface area contributed by atoms with Crippen LogP contribution in [0, 0.1) is 18.8 Å². The van der Waals surface area contributed by atoms with Crippen LogP contribution in [0.15, 0.2) is 18.2 Å². The van der Waals surface area contributed by atoms with E-state index in [9.17, 15) is 9.18 Å². The van der Waals surface area contributed by atoms with Crippen molar-refractivity contribution in [3.63, 3.8) is 0 Å². The van der Waals surface area contributed by atoms with E-state index < -0.39 is 5.97 Å². The molecule has 1 aromatic rings. The van der Waals surface area contributed by atoms with Crippen molar-refractivity contribution in [3.05, 3.63) is 41.2 Å². The van der Waals surface area contributed by atoms with Crippen LogP contribution in [-0.2, 0) is 9.53 Å². The second-order valence-corrected chi connectivity index (χ2v) is 3.01. The van der Waals surface area contributed by atoms with E-state index in [0.717, 1.165) is 5.56 Å². The fraction of sp³-hybridized carbons (Fsp3) is 0.250. The Labute approximate surface area is 117 Å². The average molecular weight is 230 g/mol. The van der Waals surface area contributed by atoms with Gasteiger partial charge >= 0.3 is 29.6 Å². The maximum atomic E-state index is 12.9. The molecule has 0 atom stereocenters. The molecule has 0 unspecified atom stereocenters. The van der Waals surface area contributed by atoms with Crippen molar-refractivity contribution >= 4 is 12.0 Å². The monoisotopic (exact) mass is 230 g/mol. The molecule has 0 aliphatic heterocycles. The van der Waals surface area contributed by atoms with E-state index in [1.54, 1.807) is 13.0 Å². The maximum Gasteiger partial charge on any atom is 1.00 e. The van der Waals surface area contributed by atoms with E-state index >= 15 is 0 Å². The van der Waals surface area contributed by atoms with Gasteiger partial charge in [-0.15, -0.1) is 11.6 Å². The van der Waals surface area contributed by atoms with Gasteiger partial charge in [0.15, 0.2) is 0 Å². The van der Waals surface area contributed by atoms with Gasteiger partial charge in [-0.05, 0) is 13.0 Å². The summed E-state index contributed by atoms with van der Waals surface area (Å²) >= 11 is 0. The van der Waals surface area contributed by atoms with Crippen molar-refractivity contribution in [2.45, 2.75) is 13.8 Å². The van der Waals surface area contributed by atoms with Crippen molar-refractivity contribution < 1.29 is 43.5 Å². The average Bonchev–Trinajstić information content (AvgIpc) is 2.20. The Morgan fingerprint density at radius 2 is 2.25 bits per heavy atom. The molecule has 0 N–H and O–H groups in total. The van der Waals surface area contributed by atoms with Gasteiger partial charge in [-0.2, -0.15) is 11.6 Å². The van der Waals surface area contributed by atoms with Gasteiger partial charge < -0.3 is 4.74 Å². The molecule has 1 rings (SSSR count). The normalized spacial score (nSPS) is 9.94. The van der Waals surface area contributed by atoms with Gasteiger partial charge in [-0.1, -0.05) is 13.0 Å². The summed E-state index contributed by atoms with van der Waals surface area (Å²) in [4.78, 5) is 11.0. The zero-order chi connectivity index (χ0) is 11.3. The van der Waals surface area contributed by atoms with Gasteiger partial charge in [0.1, 0.15) is 5.82 Å². The topological polar surface area (TPSA) is 26.3 Å². The Bertz CT molecular complexity index is 389. The minimum absolute atomic E-state index is 0. The van der Waals surface area contributed by atoms with E-state index in [0.29, 0.717) is 12.2 Å². The Kier molecular flexibility index (Phi) is 7.30. The zero-order valence-corrected chi connectivity index (χ0v) is 11.7. The van der Waals surface area contributed by atoms with E-state index in [1.165, 1.54) is 18.2 Å². The number of rotatable bonds is 3. The molecule has 0 bridgehead atoms. The fourth-order valence-corrected chi connectivity index (χ4v) is 1.08. The third-order valence-electron chi connectivity index (χ3n) is 1.86. The molecule has 2 nitrogen and oxygen atoms in total. The van der Waals surface area contributed by atoms with E-state index in [2.05, 4.69) is 10.8 Å². The van der Waals surface area contributed by atoms with Crippen LogP contribution in [0.2, 0.25) is 0 Å². The van der Waals surface area contributed by atoms with Gasteiger partial charge in [-0.3, -0.25) is 4.79 Å². The number of carbonyl (C=O) groups excluding carboxylic acids is 1. The van der Waals surface area contributed by atoms with Crippen molar-refractivity contribution in [3.8, 4) is 0 Å². The van der Waals surface area contributed by atoms with Gasteiger partial charge in [0.2, 0.25) is 5.97 Å². The molecule has 0 aliphatic rings. The van der Waals surface area contributed by atoms with E-state index in [-0.39, 0.29) is 35.4 Å². The predicted molar refractivity (Wildman–Crippen MR) is 55.5 cm³/mol. The SMILES string of the molecule is CCOC(=O)[C-]=Cc1cc(F)ccc1C.[Na+]. The van der Waals surface area contributed by atoms with Gasteiger partial charge in [0.25, 0.3) is 0 Å². The quantitative estimate of drug-likeness (QED) is 0.303. The maximum absolute atomic E-state index is 12.9. The number of benzene rings is 1. The van der Waals surface area contributed by atoms with Crippen LogP contribution in [0.5, 0.6) is 0 Å². The largest absolute Gasteiger partial charge is 1.00 e. The summed E-state index contributed by atoms with van der Waals surface area (Å²) < 4.78 is 17.5. The van der Waals surface area contributed by atoms with Crippen molar-refractivity contribution in [1.82, 2.24) is 0 Å². The number of ether oxygens (including phenoxy) is 1. The van der Waals surface area contributed by atoms with E-state index in [4.69, 9.17) is 0 Å². The molecule has 0 spiro atoms. The molecular formula is C12H12FNaO2. The summed E-state index contributed by atoms with van der Waals surface area (Å²) in [5.41, 5.74) is 1.51. The molecule has 0 aliphatic carbocycles. The fourth-order valence-electron chi connectivity index (χ4n) is 1.08. The van der Waals surface area contributed by atoms with Crippen LogP contribution in [0.3, 0.4) is 0 Å². The Morgan fingerprint density at radius 3 is 2.88 bits per heavy atom. The molecule has 0 saturated carbocycles. The molecule has 16 heavy (non-hydrogen) atoms. The number of halogens is 1. The summed E-state index contributed by atoms with van der Waals surface area (Å²) in [6, 6.07) is 4.37. The van der Waals surface area contributed by atoms with Crippen LogP contribution in [0.4, 0.5) is 4.39 Å². The molecule has 0 fully saturated rings. The first-order valence-electron chi connectivity index (χ1n) is 4.66. The summed E-state index contributed by atoms with van der Waals surface area (Å²) in [6.45, 7) is 3.85.